The van der Waals surface area contributed by atoms with Gasteiger partial charge in [-0.15, -0.1) is 0 Å². The van der Waals surface area contributed by atoms with E-state index in [1.807, 2.05) is 12.1 Å². The first-order valence-electron chi connectivity index (χ1n) is 7.68. The molecule has 4 heteroatoms. The van der Waals surface area contributed by atoms with Gasteiger partial charge in [0, 0.05) is 19.6 Å². The summed E-state index contributed by atoms with van der Waals surface area (Å²) in [5.74, 6) is -0.0420. The van der Waals surface area contributed by atoms with Crippen molar-refractivity contribution in [3.63, 3.8) is 0 Å². The van der Waals surface area contributed by atoms with E-state index < -0.39 is 0 Å². The molecule has 1 aromatic rings. The number of aromatic nitrogens is 1. The van der Waals surface area contributed by atoms with Gasteiger partial charge in [0.15, 0.2) is 0 Å². The second-order valence-corrected chi connectivity index (χ2v) is 5.63. The Morgan fingerprint density at radius 1 is 1.40 bits per heavy atom. The first-order chi connectivity index (χ1) is 9.70. The van der Waals surface area contributed by atoms with Gasteiger partial charge in [-0.25, -0.2) is 4.98 Å². The number of carbonyl (C=O) groups is 1. The average molecular weight is 275 g/mol. The number of carbonyl (C=O) groups excluding carboxylic acids is 1. The fraction of sp³-hybridized carbons (Fsp3) is 0.625. The molecule has 0 radical (unpaired) electrons. The number of pyridine rings is 1. The van der Waals surface area contributed by atoms with Gasteiger partial charge < -0.3 is 10.2 Å². The molecule has 0 saturated heterocycles. The number of nitrogens with one attached hydrogen (secondary N) is 1. The number of nitrogens with zero attached hydrogens (tertiary/aromatic N) is 2. The minimum absolute atomic E-state index is 0.0420. The van der Waals surface area contributed by atoms with Crippen LogP contribution in [-0.2, 0) is 0 Å². The third kappa shape index (κ3) is 3.95. The van der Waals surface area contributed by atoms with Crippen LogP contribution in [-0.4, -0.2) is 30.5 Å². The topological polar surface area (TPSA) is 45.2 Å². The van der Waals surface area contributed by atoms with Crippen LogP contribution in [0.3, 0.4) is 0 Å². The molecule has 0 atom stereocenters. The summed E-state index contributed by atoms with van der Waals surface area (Å²) in [5.41, 5.74) is 1.58. The maximum absolute atomic E-state index is 12.1. The van der Waals surface area contributed by atoms with Crippen LogP contribution in [0.4, 0.5) is 5.69 Å². The van der Waals surface area contributed by atoms with Crippen LogP contribution in [0.25, 0.3) is 0 Å². The van der Waals surface area contributed by atoms with Crippen molar-refractivity contribution in [3.8, 4) is 0 Å². The summed E-state index contributed by atoms with van der Waals surface area (Å²) in [6.07, 6.45) is 8.78. The van der Waals surface area contributed by atoms with Gasteiger partial charge in [-0.3, -0.25) is 4.79 Å². The molecule has 0 aliphatic heterocycles. The molecule has 0 aromatic carbocycles. The summed E-state index contributed by atoms with van der Waals surface area (Å²) in [5, 5.41) is 3.06. The average Bonchev–Trinajstić information content (AvgIpc) is 2.97. The van der Waals surface area contributed by atoms with E-state index in [1.54, 1.807) is 6.20 Å². The van der Waals surface area contributed by atoms with Crippen molar-refractivity contribution in [2.45, 2.75) is 51.5 Å². The molecular formula is C16H25N3O. The predicted octanol–water partition coefficient (Wildman–Crippen LogP) is 2.99. The number of hydrogen-bond acceptors (Lipinski definition) is 3. The molecule has 1 saturated carbocycles. The van der Waals surface area contributed by atoms with Crippen LogP contribution in [0, 0.1) is 0 Å². The lowest BCUT2D eigenvalue weighted by atomic mass is 10.2. The van der Waals surface area contributed by atoms with E-state index in [9.17, 15) is 4.79 Å². The van der Waals surface area contributed by atoms with Gasteiger partial charge in [0.2, 0.25) is 0 Å². The summed E-state index contributed by atoms with van der Waals surface area (Å²) in [6, 6.07) is 4.14. The maximum Gasteiger partial charge on any atom is 0.270 e. The molecule has 1 aliphatic carbocycles. The Hall–Kier alpha value is -1.58. The first kappa shape index (κ1) is 14.8. The Kier molecular flexibility index (Phi) is 5.39. The van der Waals surface area contributed by atoms with Crippen molar-refractivity contribution in [2.24, 2.45) is 0 Å². The van der Waals surface area contributed by atoms with Crippen molar-refractivity contribution < 1.29 is 4.79 Å². The molecule has 1 fully saturated rings. The van der Waals surface area contributed by atoms with Crippen molar-refractivity contribution in [1.82, 2.24) is 10.3 Å². The van der Waals surface area contributed by atoms with Crippen molar-refractivity contribution in [3.05, 3.63) is 24.0 Å². The number of anilines is 1. The summed E-state index contributed by atoms with van der Waals surface area (Å²) >= 11 is 0. The molecule has 1 heterocycles. The Bertz CT molecular complexity index is 424. The molecule has 1 aliphatic rings. The molecular weight excluding hydrogens is 250 g/mol. The second-order valence-electron chi connectivity index (χ2n) is 5.63. The Morgan fingerprint density at radius 2 is 2.15 bits per heavy atom. The summed E-state index contributed by atoms with van der Waals surface area (Å²) < 4.78 is 0. The molecule has 0 spiro atoms. The molecule has 0 bridgehead atoms. The highest BCUT2D eigenvalue weighted by Crippen LogP contribution is 2.18. The normalized spacial score (nSPS) is 15.3. The highest BCUT2D eigenvalue weighted by Gasteiger charge is 2.18. The monoisotopic (exact) mass is 275 g/mol. The molecule has 4 nitrogen and oxygen atoms in total. The standard InChI is InChI=1S/C16H25N3O/c1-3-4-11-19(2)14-9-10-15(17-12-14)16(20)18-13-7-5-6-8-13/h9-10,12-13H,3-8,11H2,1-2H3,(H,18,20). The van der Waals surface area contributed by atoms with E-state index >= 15 is 0 Å². The zero-order chi connectivity index (χ0) is 14.4. The van der Waals surface area contributed by atoms with Crippen molar-refractivity contribution in [2.75, 3.05) is 18.5 Å². The minimum Gasteiger partial charge on any atom is -0.373 e. The number of hydrogen-bond donors (Lipinski definition) is 1. The van der Waals surface area contributed by atoms with Gasteiger partial charge in [0.1, 0.15) is 5.69 Å². The summed E-state index contributed by atoms with van der Waals surface area (Å²) in [6.45, 7) is 3.20. The van der Waals surface area contributed by atoms with E-state index in [4.69, 9.17) is 0 Å². The Balaban J connectivity index is 1.91. The van der Waals surface area contributed by atoms with Crippen molar-refractivity contribution in [1.29, 1.82) is 0 Å². The minimum atomic E-state index is -0.0420. The Morgan fingerprint density at radius 3 is 2.75 bits per heavy atom. The van der Waals surface area contributed by atoms with E-state index in [2.05, 4.69) is 29.2 Å². The smallest absolute Gasteiger partial charge is 0.270 e. The quantitative estimate of drug-likeness (QED) is 0.868. The summed E-state index contributed by atoms with van der Waals surface area (Å²) in [7, 11) is 2.06. The number of unbranched alkanes of at least 4 members (excludes halogenated alkanes) is 1. The largest absolute Gasteiger partial charge is 0.373 e. The highest BCUT2D eigenvalue weighted by molar-refractivity contribution is 5.92. The lowest BCUT2D eigenvalue weighted by molar-refractivity contribution is 0.0933. The molecule has 20 heavy (non-hydrogen) atoms. The molecule has 1 aromatic heterocycles. The van der Waals surface area contributed by atoms with Crippen LogP contribution in [0.1, 0.15) is 55.9 Å². The molecule has 1 amide bonds. The van der Waals surface area contributed by atoms with E-state index in [0.29, 0.717) is 11.7 Å². The van der Waals surface area contributed by atoms with Gasteiger partial charge in [-0.2, -0.15) is 0 Å². The molecule has 1 N–H and O–H groups in total. The van der Waals surface area contributed by atoms with Crippen LogP contribution in [0.5, 0.6) is 0 Å². The fourth-order valence-corrected chi connectivity index (χ4v) is 2.60. The van der Waals surface area contributed by atoms with Crippen LogP contribution < -0.4 is 10.2 Å². The number of amides is 1. The van der Waals surface area contributed by atoms with E-state index in [0.717, 1.165) is 25.1 Å². The van der Waals surface area contributed by atoms with Gasteiger partial charge in [-0.05, 0) is 31.4 Å². The predicted molar refractivity (Wildman–Crippen MR) is 82.1 cm³/mol. The second kappa shape index (κ2) is 7.27. The molecule has 110 valence electrons. The van der Waals surface area contributed by atoms with Crippen molar-refractivity contribution >= 4 is 11.6 Å². The highest BCUT2D eigenvalue weighted by atomic mass is 16.1. The SMILES string of the molecule is CCCCN(C)c1ccc(C(=O)NC2CCCC2)nc1. The third-order valence-corrected chi connectivity index (χ3v) is 3.96. The van der Waals surface area contributed by atoms with E-state index in [1.165, 1.54) is 25.7 Å². The van der Waals surface area contributed by atoms with Crippen LogP contribution in [0.2, 0.25) is 0 Å². The third-order valence-electron chi connectivity index (χ3n) is 3.96. The molecule has 0 unspecified atom stereocenters. The van der Waals surface area contributed by atoms with Gasteiger partial charge in [0.05, 0.1) is 11.9 Å². The van der Waals surface area contributed by atoms with Crippen LogP contribution >= 0.6 is 0 Å². The first-order valence-corrected chi connectivity index (χ1v) is 7.68. The lowest BCUT2D eigenvalue weighted by Crippen LogP contribution is -2.33. The van der Waals surface area contributed by atoms with E-state index in [-0.39, 0.29) is 5.91 Å². The zero-order valence-electron chi connectivity index (χ0n) is 12.6. The van der Waals surface area contributed by atoms with Crippen LogP contribution in [0.15, 0.2) is 18.3 Å². The lowest BCUT2D eigenvalue weighted by Gasteiger charge is -2.18. The van der Waals surface area contributed by atoms with Gasteiger partial charge >= 0.3 is 0 Å². The maximum atomic E-state index is 12.1. The Labute approximate surface area is 121 Å². The van der Waals surface area contributed by atoms with Gasteiger partial charge in [-0.1, -0.05) is 26.2 Å². The number of rotatable bonds is 6. The zero-order valence-corrected chi connectivity index (χ0v) is 12.6. The van der Waals surface area contributed by atoms with Gasteiger partial charge in [0.25, 0.3) is 5.91 Å². The fourth-order valence-electron chi connectivity index (χ4n) is 2.60. The summed E-state index contributed by atoms with van der Waals surface area (Å²) in [4.78, 5) is 18.5. The molecule has 2 rings (SSSR count).